The minimum atomic E-state index is -4.47. The molecule has 0 spiro atoms. The van der Waals surface area contributed by atoms with Crippen molar-refractivity contribution in [1.29, 1.82) is 0 Å². The molecule has 0 aliphatic carbocycles. The fourth-order valence-electron chi connectivity index (χ4n) is 3.37. The van der Waals surface area contributed by atoms with Crippen LogP contribution in [-0.2, 0) is 15.8 Å². The summed E-state index contributed by atoms with van der Waals surface area (Å²) in [4.78, 5) is 26.6. The first-order valence-corrected chi connectivity index (χ1v) is 8.57. The Morgan fingerprint density at radius 3 is 2.39 bits per heavy atom. The number of benzene rings is 2. The van der Waals surface area contributed by atoms with Gasteiger partial charge in [-0.2, -0.15) is 13.2 Å². The highest BCUT2D eigenvalue weighted by Gasteiger charge is 2.44. The first-order chi connectivity index (χ1) is 13.1. The number of nitrogens with zero attached hydrogens (tertiary/aromatic N) is 1. The summed E-state index contributed by atoms with van der Waals surface area (Å²) in [6.45, 7) is 1.73. The van der Waals surface area contributed by atoms with Gasteiger partial charge in [-0.3, -0.25) is 9.59 Å². The molecule has 2 amide bonds. The Labute approximate surface area is 159 Å². The lowest BCUT2D eigenvalue weighted by Gasteiger charge is -2.18. The first kappa shape index (κ1) is 19.9. The summed E-state index contributed by atoms with van der Waals surface area (Å²) in [6, 6.07) is 8.90. The molecule has 2 aromatic carbocycles. The molecule has 1 aliphatic rings. The summed E-state index contributed by atoms with van der Waals surface area (Å²) in [5.41, 5.74) is -0.0715. The molecule has 4 nitrogen and oxygen atoms in total. The second-order valence-corrected chi connectivity index (χ2v) is 6.85. The fraction of sp³-hybridized carbons (Fsp3) is 0.300. The summed E-state index contributed by atoms with van der Waals surface area (Å²) < 4.78 is 52.5. The molecule has 0 bridgehead atoms. The van der Waals surface area contributed by atoms with Crippen LogP contribution in [0, 0.1) is 18.7 Å². The molecule has 1 fully saturated rings. The number of alkyl halides is 3. The number of halogens is 4. The van der Waals surface area contributed by atoms with E-state index in [-0.39, 0.29) is 12.2 Å². The third kappa shape index (κ3) is 3.72. The molecule has 8 heteroatoms. The van der Waals surface area contributed by atoms with Crippen molar-refractivity contribution in [2.24, 2.45) is 5.92 Å². The van der Waals surface area contributed by atoms with Crippen molar-refractivity contribution in [3.8, 4) is 0 Å². The van der Waals surface area contributed by atoms with Crippen LogP contribution < -0.4 is 5.32 Å². The number of hydrogen-bond donors (Lipinski definition) is 1. The van der Waals surface area contributed by atoms with Gasteiger partial charge in [-0.1, -0.05) is 24.3 Å². The number of amides is 2. The third-order valence-electron chi connectivity index (χ3n) is 4.91. The van der Waals surface area contributed by atoms with Gasteiger partial charge in [0.2, 0.25) is 11.8 Å². The molecular weight excluding hydrogens is 376 g/mol. The van der Waals surface area contributed by atoms with Crippen LogP contribution in [0.3, 0.4) is 0 Å². The zero-order chi connectivity index (χ0) is 20.6. The molecule has 2 unspecified atom stereocenters. The van der Waals surface area contributed by atoms with Crippen molar-refractivity contribution in [3.63, 3.8) is 0 Å². The van der Waals surface area contributed by atoms with E-state index < -0.39 is 41.2 Å². The molecule has 1 saturated heterocycles. The van der Waals surface area contributed by atoms with Gasteiger partial charge < -0.3 is 10.2 Å². The molecule has 2 atom stereocenters. The zero-order valence-electron chi connectivity index (χ0n) is 15.2. The summed E-state index contributed by atoms with van der Waals surface area (Å²) in [5.74, 6) is -3.53. The predicted octanol–water partition coefficient (Wildman–Crippen LogP) is 3.96. The van der Waals surface area contributed by atoms with Crippen LogP contribution in [0.5, 0.6) is 0 Å². The van der Waals surface area contributed by atoms with E-state index in [1.54, 1.807) is 19.1 Å². The van der Waals surface area contributed by atoms with Crippen LogP contribution in [0.15, 0.2) is 42.5 Å². The van der Waals surface area contributed by atoms with E-state index in [0.717, 1.165) is 12.1 Å². The van der Waals surface area contributed by atoms with Crippen LogP contribution in [0.1, 0.15) is 22.6 Å². The maximum Gasteiger partial charge on any atom is 0.416 e. The molecule has 0 aromatic heterocycles. The highest BCUT2D eigenvalue weighted by atomic mass is 19.4. The minimum absolute atomic E-state index is 0.0430. The minimum Gasteiger partial charge on any atom is -0.344 e. The number of carbonyl (C=O) groups is 2. The highest BCUT2D eigenvalue weighted by Crippen LogP contribution is 2.36. The molecular formula is C20H18F4N2O2. The lowest BCUT2D eigenvalue weighted by molar-refractivity contribution is -0.138. The molecule has 1 aliphatic heterocycles. The summed E-state index contributed by atoms with van der Waals surface area (Å²) in [7, 11) is 1.51. The Bertz CT molecular complexity index is 909. The van der Waals surface area contributed by atoms with Gasteiger partial charge in [0.25, 0.3) is 0 Å². The average molecular weight is 394 g/mol. The standard InChI is InChI=1S/C20H18F4N2O2/c1-11-4-3-5-15(17(11)21)25-18(27)16-14(10-26(2)19(16)28)12-6-8-13(9-7-12)20(22,23)24/h3-9,14,16H,10H2,1-2H3,(H,25,27). The van der Waals surface area contributed by atoms with Gasteiger partial charge in [0.15, 0.2) is 0 Å². The van der Waals surface area contributed by atoms with Crippen LogP contribution in [0.25, 0.3) is 0 Å². The Balaban J connectivity index is 1.88. The van der Waals surface area contributed by atoms with Crippen molar-refractivity contribution in [2.75, 3.05) is 18.9 Å². The topological polar surface area (TPSA) is 49.4 Å². The third-order valence-corrected chi connectivity index (χ3v) is 4.91. The first-order valence-electron chi connectivity index (χ1n) is 8.57. The number of likely N-dealkylation sites (N-methyl/N-ethyl adjacent to an activating group) is 1. The monoisotopic (exact) mass is 394 g/mol. The Morgan fingerprint density at radius 2 is 1.79 bits per heavy atom. The molecule has 28 heavy (non-hydrogen) atoms. The Morgan fingerprint density at radius 1 is 1.14 bits per heavy atom. The van der Waals surface area contributed by atoms with Gasteiger partial charge >= 0.3 is 6.18 Å². The molecule has 3 rings (SSSR count). The summed E-state index contributed by atoms with van der Waals surface area (Å²) in [5, 5.41) is 2.44. The normalized spacial score (nSPS) is 19.8. The van der Waals surface area contributed by atoms with E-state index >= 15 is 0 Å². The number of nitrogens with one attached hydrogen (secondary N) is 1. The van der Waals surface area contributed by atoms with E-state index in [4.69, 9.17) is 0 Å². The van der Waals surface area contributed by atoms with Gasteiger partial charge in [0.05, 0.1) is 11.3 Å². The molecule has 0 radical (unpaired) electrons. The maximum absolute atomic E-state index is 14.2. The number of rotatable bonds is 3. The van der Waals surface area contributed by atoms with Crippen molar-refractivity contribution >= 4 is 17.5 Å². The summed E-state index contributed by atoms with van der Waals surface area (Å²) >= 11 is 0. The van der Waals surface area contributed by atoms with Gasteiger partial charge in [0.1, 0.15) is 11.7 Å². The van der Waals surface area contributed by atoms with Crippen LogP contribution in [0.2, 0.25) is 0 Å². The van der Waals surface area contributed by atoms with Crippen LogP contribution in [-0.4, -0.2) is 30.3 Å². The van der Waals surface area contributed by atoms with Crippen molar-refractivity contribution in [3.05, 3.63) is 65.0 Å². The maximum atomic E-state index is 14.2. The van der Waals surface area contributed by atoms with E-state index in [2.05, 4.69) is 5.32 Å². The molecule has 148 valence electrons. The number of hydrogen-bond acceptors (Lipinski definition) is 2. The van der Waals surface area contributed by atoms with Crippen molar-refractivity contribution in [2.45, 2.75) is 19.0 Å². The van der Waals surface area contributed by atoms with Gasteiger partial charge in [-0.25, -0.2) is 4.39 Å². The highest BCUT2D eigenvalue weighted by molar-refractivity contribution is 6.08. The average Bonchev–Trinajstić information content (AvgIpc) is 2.93. The number of aryl methyl sites for hydroxylation is 1. The second kappa shape index (κ2) is 7.26. The molecule has 1 heterocycles. The van der Waals surface area contributed by atoms with Gasteiger partial charge in [-0.05, 0) is 36.2 Å². The smallest absolute Gasteiger partial charge is 0.344 e. The van der Waals surface area contributed by atoms with E-state index in [0.29, 0.717) is 11.1 Å². The predicted molar refractivity (Wildman–Crippen MR) is 95.1 cm³/mol. The van der Waals surface area contributed by atoms with Crippen LogP contribution in [0.4, 0.5) is 23.2 Å². The van der Waals surface area contributed by atoms with Gasteiger partial charge in [-0.15, -0.1) is 0 Å². The second-order valence-electron chi connectivity index (χ2n) is 6.85. The molecule has 1 N–H and O–H groups in total. The van der Waals surface area contributed by atoms with E-state index in [1.807, 2.05) is 0 Å². The van der Waals surface area contributed by atoms with E-state index in [1.165, 1.54) is 30.1 Å². The SMILES string of the molecule is Cc1cccc(NC(=O)C2C(=O)N(C)CC2c2ccc(C(F)(F)F)cc2)c1F. The molecule has 2 aromatic rings. The lowest BCUT2D eigenvalue weighted by atomic mass is 9.87. The quantitative estimate of drug-likeness (QED) is 0.633. The number of likely N-dealkylation sites (tertiary alicyclic amines) is 1. The van der Waals surface area contributed by atoms with Gasteiger partial charge in [0, 0.05) is 19.5 Å². The largest absolute Gasteiger partial charge is 0.416 e. The Hall–Kier alpha value is -2.90. The van der Waals surface area contributed by atoms with Crippen LogP contribution >= 0.6 is 0 Å². The zero-order valence-corrected chi connectivity index (χ0v) is 15.2. The number of anilines is 1. The lowest BCUT2D eigenvalue weighted by Crippen LogP contribution is -2.33. The summed E-state index contributed by atoms with van der Waals surface area (Å²) in [6.07, 6.45) is -4.47. The number of carbonyl (C=O) groups excluding carboxylic acids is 2. The van der Waals surface area contributed by atoms with Crippen molar-refractivity contribution < 1.29 is 27.2 Å². The molecule has 0 saturated carbocycles. The van der Waals surface area contributed by atoms with Crippen molar-refractivity contribution in [1.82, 2.24) is 4.90 Å². The Kier molecular flexibility index (Phi) is 5.14. The fourth-order valence-corrected chi connectivity index (χ4v) is 3.37. The van der Waals surface area contributed by atoms with E-state index in [9.17, 15) is 27.2 Å².